The molecular formula is C93H110N14O12. The largest absolute Gasteiger partial charge is 0.467 e. The Labute approximate surface area is 695 Å². The van der Waals surface area contributed by atoms with Crippen molar-refractivity contribution in [1.29, 1.82) is 0 Å². The third kappa shape index (κ3) is 22.5. The molecule has 0 aliphatic carbocycles. The number of hydrogen-bond acceptors (Lipinski definition) is 15. The second kappa shape index (κ2) is 39.9. The summed E-state index contributed by atoms with van der Waals surface area (Å²) < 4.78 is 22.5. The molecule has 3 aromatic heterocycles. The molecule has 0 saturated heterocycles. The smallest absolute Gasteiger partial charge is 0.408 e. The number of imidazole rings is 3. The van der Waals surface area contributed by atoms with Gasteiger partial charge in [0.05, 0.1) is 49.2 Å². The van der Waals surface area contributed by atoms with E-state index in [0.717, 1.165) is 33.4 Å². The van der Waals surface area contributed by atoms with E-state index < -0.39 is 142 Å². The van der Waals surface area contributed by atoms with E-state index >= 15 is 24.0 Å². The molecule has 119 heavy (non-hydrogen) atoms. The number of ether oxygens (including phenoxy) is 3. The normalized spacial score (nSPS) is 14.1. The summed E-state index contributed by atoms with van der Waals surface area (Å²) in [4.78, 5) is 148. The highest BCUT2D eigenvalue weighted by molar-refractivity contribution is 5.98. The van der Waals surface area contributed by atoms with Crippen LogP contribution in [0, 0.1) is 11.8 Å². The lowest BCUT2D eigenvalue weighted by atomic mass is 9.77. The molecule has 0 unspecified atom stereocenters. The van der Waals surface area contributed by atoms with Crippen LogP contribution in [0.15, 0.2) is 250 Å². The summed E-state index contributed by atoms with van der Waals surface area (Å²) in [7, 11) is 2.92. The molecule has 0 aliphatic heterocycles. The Morgan fingerprint density at radius 1 is 0.378 bits per heavy atom. The number of aromatic nitrogens is 6. The van der Waals surface area contributed by atoms with Crippen molar-refractivity contribution in [3.63, 3.8) is 0 Å². The fourth-order valence-corrected chi connectivity index (χ4v) is 14.8. The second-order valence-electron chi connectivity index (χ2n) is 32.5. The molecule has 8 N–H and O–H groups in total. The summed E-state index contributed by atoms with van der Waals surface area (Å²) in [5.74, 6) is -7.86. The molecule has 0 aliphatic rings. The number of hydrogen-bond donors (Lipinski definition) is 8. The number of methoxy groups -OCH3 is 1. The van der Waals surface area contributed by atoms with Crippen LogP contribution in [0.1, 0.15) is 139 Å². The predicted octanol–water partition coefficient (Wildman–Crippen LogP) is 9.76. The van der Waals surface area contributed by atoms with E-state index in [9.17, 15) is 19.2 Å². The fourth-order valence-electron chi connectivity index (χ4n) is 14.8. The second-order valence-corrected chi connectivity index (χ2v) is 32.5. The lowest BCUT2D eigenvalue weighted by Gasteiger charge is -2.37. The molecule has 0 saturated carbocycles. The molecule has 624 valence electrons. The third-order valence-electron chi connectivity index (χ3n) is 20.5. The van der Waals surface area contributed by atoms with Crippen molar-refractivity contribution in [3.8, 4) is 0 Å². The standard InChI is InChI=1S/C93H110N14O12/c1-60(2)78(85(112)99-75(81(108)97-62(5)88(115)117-14)51-71-55-106(58-95-71)92(65-38-24-16-25-39-65,66-40-26-17-27-41-66)67-42-28-18-29-43-67)102-83(110)74(50-64-36-22-15-23-37-64)98-82(109)76(52-72-56-107(59-96-72)93(68-44-30-19-31-45-68,69-46-32-20-33-47-69)70-48-34-21-35-49-70)100-86(113)79(61(3)4)103-87(114)80(63(6)118-90(7,8)9)104-84(111)77(53-73-54-94-57-105(73)13)101-89(116)119-91(10,11)12/h15-49,54-63,74-80H,50-53H2,1-14H3,(H,97,108)(H,98,109)(H,99,112)(H,100,113)(H,101,116)(H,102,110)(H,103,114)(H,104,111)/t62-,63+,74+,75-,76-,77-,78+,79+,80-/m0/s1. The van der Waals surface area contributed by atoms with Crippen molar-refractivity contribution in [2.45, 2.75) is 185 Å². The zero-order valence-electron chi connectivity index (χ0n) is 69.9. The van der Waals surface area contributed by atoms with Gasteiger partial charge in [-0.3, -0.25) is 33.6 Å². The molecule has 9 atom stereocenters. The average Bonchev–Trinajstić information content (AvgIpc) is 1.70. The number of alkyl carbamates (subject to hydrolysis) is 1. The van der Waals surface area contributed by atoms with Crippen LogP contribution in [0.25, 0.3) is 0 Å². The van der Waals surface area contributed by atoms with E-state index in [0.29, 0.717) is 22.6 Å². The summed E-state index contributed by atoms with van der Waals surface area (Å²) >= 11 is 0. The van der Waals surface area contributed by atoms with Gasteiger partial charge in [-0.05, 0) is 106 Å². The first-order chi connectivity index (χ1) is 56.8. The minimum Gasteiger partial charge on any atom is -0.467 e. The summed E-state index contributed by atoms with van der Waals surface area (Å²) in [6, 6.07) is 56.9. The number of esters is 1. The van der Waals surface area contributed by atoms with Crippen LogP contribution in [0.3, 0.4) is 0 Å². The zero-order chi connectivity index (χ0) is 85.8. The third-order valence-corrected chi connectivity index (χ3v) is 20.5. The summed E-state index contributed by atoms with van der Waals surface area (Å²) in [6.07, 6.45) is 7.33. The average molecular weight is 1620 g/mol. The number of amides is 8. The van der Waals surface area contributed by atoms with Gasteiger partial charge < -0.3 is 70.4 Å². The van der Waals surface area contributed by atoms with Crippen LogP contribution < -0.4 is 42.5 Å². The highest BCUT2D eigenvalue weighted by Gasteiger charge is 2.44. The maximum absolute atomic E-state index is 16.0. The van der Waals surface area contributed by atoms with Crippen molar-refractivity contribution in [1.82, 2.24) is 71.2 Å². The fraction of sp³-hybridized carbons (Fsp3) is 0.355. The molecule has 26 heteroatoms. The Kier molecular flexibility index (Phi) is 29.7. The summed E-state index contributed by atoms with van der Waals surface area (Å²) in [6.45, 7) is 20.2. The number of nitrogens with zero attached hydrogens (tertiary/aromatic N) is 6. The predicted molar refractivity (Wildman–Crippen MR) is 452 cm³/mol. The molecule has 10 aromatic rings. The van der Waals surface area contributed by atoms with E-state index in [1.54, 1.807) is 149 Å². The van der Waals surface area contributed by atoms with Gasteiger partial charge in [-0.25, -0.2) is 24.5 Å². The molecule has 26 nitrogen and oxygen atoms in total. The minimum atomic E-state index is -1.59. The van der Waals surface area contributed by atoms with Crippen molar-refractivity contribution in [2.75, 3.05) is 7.11 Å². The van der Waals surface area contributed by atoms with Crippen LogP contribution in [0.4, 0.5) is 4.79 Å². The van der Waals surface area contributed by atoms with Gasteiger partial charge in [0.15, 0.2) is 0 Å². The number of aryl methyl sites for hydroxylation is 1. The maximum atomic E-state index is 16.0. The number of carbonyl (C=O) groups is 9. The monoisotopic (exact) mass is 1610 g/mol. The van der Waals surface area contributed by atoms with Crippen LogP contribution in [0.5, 0.6) is 0 Å². The minimum absolute atomic E-state index is 0.0743. The first-order valence-corrected chi connectivity index (χ1v) is 40.1. The van der Waals surface area contributed by atoms with Crippen molar-refractivity contribution >= 4 is 53.4 Å². The van der Waals surface area contributed by atoms with Crippen molar-refractivity contribution in [2.24, 2.45) is 18.9 Å². The molecule has 10 rings (SSSR count). The maximum Gasteiger partial charge on any atom is 0.408 e. The molecule has 0 spiro atoms. The molecule has 8 amide bonds. The van der Waals surface area contributed by atoms with E-state index in [1.807, 2.05) is 197 Å². The van der Waals surface area contributed by atoms with E-state index in [2.05, 4.69) is 47.5 Å². The van der Waals surface area contributed by atoms with Crippen molar-refractivity contribution < 1.29 is 57.4 Å². The SMILES string of the molecule is COC(=O)[C@H](C)NC(=O)[C@H](Cc1cn(C(c2ccccc2)(c2ccccc2)c2ccccc2)cn1)NC(=O)[C@H](NC(=O)[C@@H](Cc1ccccc1)NC(=O)[C@H](Cc1cn(C(c2ccccc2)(c2ccccc2)c2ccccc2)cn1)NC(=O)[C@H](NC(=O)[C@@H](NC(=O)[C@H](Cc1cncn1C)NC(=O)OC(C)(C)C)[C@@H](C)OC(C)(C)C)C(C)C)C(C)C. The Morgan fingerprint density at radius 2 is 0.706 bits per heavy atom. The lowest BCUT2D eigenvalue weighted by Crippen LogP contribution is -2.63. The van der Waals surface area contributed by atoms with Gasteiger partial charge in [0.25, 0.3) is 0 Å². The number of rotatable bonds is 36. The first kappa shape index (κ1) is 88.5. The van der Waals surface area contributed by atoms with Crippen molar-refractivity contribution in [3.05, 3.63) is 306 Å². The molecule has 7 aromatic carbocycles. The highest BCUT2D eigenvalue weighted by Crippen LogP contribution is 2.43. The Bertz CT molecular complexity index is 4840. The van der Waals surface area contributed by atoms with E-state index in [4.69, 9.17) is 24.2 Å². The summed E-state index contributed by atoms with van der Waals surface area (Å²) in [5.41, 5.74) is 3.30. The Hall–Kier alpha value is -12.8. The van der Waals surface area contributed by atoms with Gasteiger partial charge in [0, 0.05) is 57.0 Å². The number of carbonyl (C=O) groups excluding carboxylic acids is 9. The Balaban J connectivity index is 0.997. The number of nitrogens with one attached hydrogen (secondary N) is 8. The van der Waals surface area contributed by atoms with Gasteiger partial charge in [0.1, 0.15) is 65.0 Å². The molecule has 0 radical (unpaired) electrons. The van der Waals surface area contributed by atoms with Crippen LogP contribution in [-0.4, -0.2) is 155 Å². The lowest BCUT2D eigenvalue weighted by molar-refractivity contribution is -0.145. The van der Waals surface area contributed by atoms with Gasteiger partial charge in [-0.15, -0.1) is 0 Å². The molecule has 0 fully saturated rings. The quantitative estimate of drug-likeness (QED) is 0.0134. The molecule has 0 bridgehead atoms. The van der Waals surface area contributed by atoms with Crippen LogP contribution in [-0.2, 0) is 96.4 Å². The molecule has 3 heterocycles. The zero-order valence-corrected chi connectivity index (χ0v) is 69.9. The number of benzene rings is 7. The van der Waals surface area contributed by atoms with E-state index in [1.165, 1.54) is 14.0 Å². The Morgan fingerprint density at radius 3 is 1.06 bits per heavy atom. The van der Waals surface area contributed by atoms with Gasteiger partial charge in [0.2, 0.25) is 41.4 Å². The van der Waals surface area contributed by atoms with Crippen LogP contribution >= 0.6 is 0 Å². The molecular weight excluding hydrogens is 1510 g/mol. The van der Waals surface area contributed by atoms with Crippen LogP contribution in [0.2, 0.25) is 0 Å². The highest BCUT2D eigenvalue weighted by atomic mass is 16.6. The van der Waals surface area contributed by atoms with Gasteiger partial charge in [-0.1, -0.05) is 240 Å². The topological polar surface area (TPSA) is 331 Å². The van der Waals surface area contributed by atoms with Gasteiger partial charge >= 0.3 is 12.1 Å². The van der Waals surface area contributed by atoms with Gasteiger partial charge in [-0.2, -0.15) is 0 Å². The van der Waals surface area contributed by atoms with E-state index in [-0.39, 0.29) is 25.7 Å². The summed E-state index contributed by atoms with van der Waals surface area (Å²) in [5, 5.41) is 22.8. The first-order valence-electron chi connectivity index (χ1n) is 40.1.